The second kappa shape index (κ2) is 6.60. The molecule has 1 atom stereocenters. The SMILES string of the molecule is CC(=O)N1CCC(c2cncc(N3CCC[C@@H](O)C3)n2)CC1. The standard InChI is InChI=1S/C16H24N4O2/c1-12(21)19-7-4-13(5-8-19)15-9-17-10-16(18-15)20-6-2-3-14(22)11-20/h9-10,13-14,22H,2-8,11H2,1H3/t14-/m1/s1. The molecule has 0 spiro atoms. The lowest BCUT2D eigenvalue weighted by molar-refractivity contribution is -0.129. The molecule has 2 fully saturated rings. The molecule has 1 aromatic heterocycles. The van der Waals surface area contributed by atoms with E-state index in [0.29, 0.717) is 12.5 Å². The third-order valence-corrected chi connectivity index (χ3v) is 4.72. The van der Waals surface area contributed by atoms with Crippen molar-refractivity contribution in [2.75, 3.05) is 31.1 Å². The van der Waals surface area contributed by atoms with E-state index in [9.17, 15) is 9.90 Å². The number of hydrogen-bond acceptors (Lipinski definition) is 5. The highest BCUT2D eigenvalue weighted by Crippen LogP contribution is 2.28. The van der Waals surface area contributed by atoms with E-state index in [1.165, 1.54) is 0 Å². The van der Waals surface area contributed by atoms with Crippen LogP contribution in [0.25, 0.3) is 0 Å². The summed E-state index contributed by atoms with van der Waals surface area (Å²) in [7, 11) is 0. The molecule has 120 valence electrons. The molecule has 0 saturated carbocycles. The van der Waals surface area contributed by atoms with Gasteiger partial charge in [-0.2, -0.15) is 0 Å². The molecule has 0 aromatic carbocycles. The summed E-state index contributed by atoms with van der Waals surface area (Å²) in [5, 5.41) is 9.81. The van der Waals surface area contributed by atoms with Gasteiger partial charge in [-0.3, -0.25) is 9.78 Å². The first-order valence-corrected chi connectivity index (χ1v) is 8.14. The second-order valence-corrected chi connectivity index (χ2v) is 6.32. The molecular weight excluding hydrogens is 280 g/mol. The van der Waals surface area contributed by atoms with Gasteiger partial charge in [-0.25, -0.2) is 4.98 Å². The van der Waals surface area contributed by atoms with Crippen molar-refractivity contribution in [2.45, 2.75) is 44.6 Å². The van der Waals surface area contributed by atoms with Crippen molar-refractivity contribution in [1.29, 1.82) is 0 Å². The van der Waals surface area contributed by atoms with Crippen LogP contribution >= 0.6 is 0 Å². The van der Waals surface area contributed by atoms with Crippen LogP contribution in [0.1, 0.15) is 44.2 Å². The van der Waals surface area contributed by atoms with Gasteiger partial charge in [0.2, 0.25) is 5.91 Å². The van der Waals surface area contributed by atoms with Crippen molar-refractivity contribution in [2.24, 2.45) is 0 Å². The third kappa shape index (κ3) is 3.38. The summed E-state index contributed by atoms with van der Waals surface area (Å²) in [4.78, 5) is 24.5. The van der Waals surface area contributed by atoms with E-state index >= 15 is 0 Å². The second-order valence-electron chi connectivity index (χ2n) is 6.32. The van der Waals surface area contributed by atoms with Gasteiger partial charge in [-0.15, -0.1) is 0 Å². The van der Waals surface area contributed by atoms with Crippen molar-refractivity contribution in [3.05, 3.63) is 18.1 Å². The van der Waals surface area contributed by atoms with Crippen LogP contribution in [0.4, 0.5) is 5.82 Å². The molecule has 3 heterocycles. The van der Waals surface area contributed by atoms with E-state index in [-0.39, 0.29) is 12.0 Å². The zero-order valence-electron chi connectivity index (χ0n) is 13.1. The zero-order chi connectivity index (χ0) is 15.5. The molecule has 3 rings (SSSR count). The fraction of sp³-hybridized carbons (Fsp3) is 0.688. The number of aromatic nitrogens is 2. The number of carbonyl (C=O) groups excluding carboxylic acids is 1. The van der Waals surface area contributed by atoms with Gasteiger partial charge in [0.25, 0.3) is 0 Å². The van der Waals surface area contributed by atoms with Crippen LogP contribution in [0.15, 0.2) is 12.4 Å². The minimum atomic E-state index is -0.266. The van der Waals surface area contributed by atoms with Crippen LogP contribution in [0.2, 0.25) is 0 Å². The van der Waals surface area contributed by atoms with Crippen molar-refractivity contribution in [3.8, 4) is 0 Å². The molecule has 0 radical (unpaired) electrons. The van der Waals surface area contributed by atoms with Crippen LogP contribution in [0, 0.1) is 0 Å². The maximum atomic E-state index is 11.4. The topological polar surface area (TPSA) is 69.6 Å². The van der Waals surface area contributed by atoms with Gasteiger partial charge < -0.3 is 14.9 Å². The average Bonchev–Trinajstić information content (AvgIpc) is 2.55. The van der Waals surface area contributed by atoms with Gasteiger partial charge >= 0.3 is 0 Å². The van der Waals surface area contributed by atoms with E-state index in [1.54, 1.807) is 13.1 Å². The lowest BCUT2D eigenvalue weighted by Gasteiger charge is -2.33. The number of likely N-dealkylation sites (tertiary alicyclic amines) is 1. The maximum Gasteiger partial charge on any atom is 0.219 e. The predicted octanol–water partition coefficient (Wildman–Crippen LogP) is 1.16. The summed E-state index contributed by atoms with van der Waals surface area (Å²) >= 11 is 0. The highest BCUT2D eigenvalue weighted by Gasteiger charge is 2.24. The van der Waals surface area contributed by atoms with E-state index in [4.69, 9.17) is 4.98 Å². The first kappa shape index (κ1) is 15.2. The molecule has 2 aliphatic heterocycles. The van der Waals surface area contributed by atoms with Crippen LogP contribution in [-0.2, 0) is 4.79 Å². The minimum absolute atomic E-state index is 0.153. The molecule has 6 nitrogen and oxygen atoms in total. The normalized spacial score (nSPS) is 23.6. The minimum Gasteiger partial charge on any atom is -0.391 e. The lowest BCUT2D eigenvalue weighted by atomic mass is 9.94. The van der Waals surface area contributed by atoms with Crippen molar-refractivity contribution in [1.82, 2.24) is 14.9 Å². The first-order valence-electron chi connectivity index (χ1n) is 8.14. The summed E-state index contributed by atoms with van der Waals surface area (Å²) in [5.41, 5.74) is 1.01. The molecular formula is C16H24N4O2. The van der Waals surface area contributed by atoms with Crippen LogP contribution < -0.4 is 4.90 Å². The maximum absolute atomic E-state index is 11.4. The van der Waals surface area contributed by atoms with E-state index in [2.05, 4.69) is 9.88 Å². The number of hydrogen-bond donors (Lipinski definition) is 1. The quantitative estimate of drug-likeness (QED) is 0.888. The Balaban J connectivity index is 1.68. The fourth-order valence-corrected chi connectivity index (χ4v) is 3.37. The Morgan fingerprint density at radius 2 is 2.00 bits per heavy atom. The van der Waals surface area contributed by atoms with E-state index < -0.39 is 0 Å². The van der Waals surface area contributed by atoms with Crippen LogP contribution in [-0.4, -0.2) is 58.2 Å². The summed E-state index contributed by atoms with van der Waals surface area (Å²) in [6.45, 7) is 4.80. The smallest absolute Gasteiger partial charge is 0.219 e. The summed E-state index contributed by atoms with van der Waals surface area (Å²) in [6.07, 6.45) is 7.11. The van der Waals surface area contributed by atoms with Crippen molar-refractivity contribution in [3.63, 3.8) is 0 Å². The highest BCUT2D eigenvalue weighted by molar-refractivity contribution is 5.73. The first-order chi connectivity index (χ1) is 10.6. The van der Waals surface area contributed by atoms with Crippen molar-refractivity contribution >= 4 is 11.7 Å². The lowest BCUT2D eigenvalue weighted by Crippen LogP contribution is -2.39. The van der Waals surface area contributed by atoms with Gasteiger partial charge in [-0.1, -0.05) is 0 Å². The number of carbonyl (C=O) groups is 1. The molecule has 2 saturated heterocycles. The third-order valence-electron chi connectivity index (χ3n) is 4.72. The molecule has 0 bridgehead atoms. The van der Waals surface area contributed by atoms with Gasteiger partial charge in [0.15, 0.2) is 0 Å². The van der Waals surface area contributed by atoms with Crippen LogP contribution in [0.5, 0.6) is 0 Å². The summed E-state index contributed by atoms with van der Waals surface area (Å²) < 4.78 is 0. The zero-order valence-corrected chi connectivity index (χ0v) is 13.1. The Bertz CT molecular complexity index is 529. The molecule has 22 heavy (non-hydrogen) atoms. The number of aliphatic hydroxyl groups is 1. The van der Waals surface area contributed by atoms with Crippen molar-refractivity contribution < 1.29 is 9.90 Å². The highest BCUT2D eigenvalue weighted by atomic mass is 16.3. The fourth-order valence-electron chi connectivity index (χ4n) is 3.37. The molecule has 0 unspecified atom stereocenters. The average molecular weight is 304 g/mol. The number of piperidine rings is 2. The number of amides is 1. The number of β-amino-alcohol motifs (C(OH)–C–C–N with tert-alkyl or cyclic N) is 1. The van der Waals surface area contributed by atoms with Gasteiger partial charge in [0.1, 0.15) is 5.82 Å². The molecule has 1 N–H and O–H groups in total. The molecule has 0 aliphatic carbocycles. The van der Waals surface area contributed by atoms with Gasteiger partial charge in [0.05, 0.1) is 18.0 Å². The summed E-state index contributed by atoms with van der Waals surface area (Å²) in [6, 6.07) is 0. The Labute approximate surface area is 131 Å². The van der Waals surface area contributed by atoms with Crippen LogP contribution in [0.3, 0.4) is 0 Å². The van der Waals surface area contributed by atoms with Gasteiger partial charge in [-0.05, 0) is 25.7 Å². The molecule has 2 aliphatic rings. The Hall–Kier alpha value is -1.69. The molecule has 6 heteroatoms. The Morgan fingerprint density at radius 1 is 1.23 bits per heavy atom. The Morgan fingerprint density at radius 3 is 2.68 bits per heavy atom. The van der Waals surface area contributed by atoms with Gasteiger partial charge in [0, 0.05) is 45.2 Å². The predicted molar refractivity (Wildman–Crippen MR) is 83.7 cm³/mol. The molecule has 1 aromatic rings. The summed E-state index contributed by atoms with van der Waals surface area (Å²) in [5.74, 6) is 1.39. The number of aliphatic hydroxyl groups excluding tert-OH is 1. The monoisotopic (exact) mass is 304 g/mol. The molecule has 1 amide bonds. The number of rotatable bonds is 2. The number of anilines is 1. The van der Waals surface area contributed by atoms with E-state index in [1.807, 2.05) is 11.1 Å². The largest absolute Gasteiger partial charge is 0.391 e. The number of nitrogens with zero attached hydrogens (tertiary/aromatic N) is 4. The Kier molecular flexibility index (Phi) is 4.57. The van der Waals surface area contributed by atoms with E-state index in [0.717, 1.165) is 56.8 Å².